The quantitative estimate of drug-likeness (QED) is 0.231. The lowest BCUT2D eigenvalue weighted by Crippen LogP contribution is -2.30. The Kier molecular flexibility index (Phi) is 6.07. The van der Waals surface area contributed by atoms with Crippen LogP contribution < -0.4 is 9.30 Å². The average Bonchev–Trinajstić information content (AvgIpc) is 3.67. The molecule has 212 valence electrons. The molecule has 0 N–H and O–H groups in total. The van der Waals surface area contributed by atoms with Gasteiger partial charge in [-0.15, -0.1) is 0 Å². The van der Waals surface area contributed by atoms with Gasteiger partial charge in [-0.2, -0.15) is 14.8 Å². The van der Waals surface area contributed by atoms with Crippen LogP contribution in [-0.2, 0) is 23.3 Å². The molecule has 2 aromatic carbocycles. The molecule has 41 heavy (non-hydrogen) atoms. The number of hydrogen-bond acceptors (Lipinski definition) is 3. The molecule has 0 saturated carbocycles. The van der Waals surface area contributed by atoms with Crippen LogP contribution in [0.2, 0.25) is 0 Å². The largest absolute Gasteiger partial charge is 0.452 e. The van der Waals surface area contributed by atoms with Crippen molar-refractivity contribution in [2.45, 2.75) is 77.8 Å². The smallest absolute Gasteiger partial charge is 0.248 e. The van der Waals surface area contributed by atoms with Gasteiger partial charge in [0.15, 0.2) is 17.6 Å². The van der Waals surface area contributed by atoms with Gasteiger partial charge in [0, 0.05) is 46.9 Å². The Hall–Kier alpha value is -4.13. The van der Waals surface area contributed by atoms with Crippen LogP contribution in [0.1, 0.15) is 89.4 Å². The molecule has 0 fully saturated rings. The van der Waals surface area contributed by atoms with E-state index in [0.717, 1.165) is 22.7 Å². The number of imidazole rings is 1. The lowest BCUT2D eigenvalue weighted by atomic mass is 9.71. The number of rotatable bonds is 4. The lowest BCUT2D eigenvalue weighted by Gasteiger charge is -2.39. The number of aromatic nitrogens is 6. The van der Waals surface area contributed by atoms with Gasteiger partial charge < -0.3 is 4.74 Å². The second-order valence-electron chi connectivity index (χ2n) is 13.9. The maximum Gasteiger partial charge on any atom is 0.248 e. The third kappa shape index (κ3) is 4.57. The van der Waals surface area contributed by atoms with Crippen molar-refractivity contribution in [3.05, 3.63) is 108 Å². The molecule has 0 spiro atoms. The van der Waals surface area contributed by atoms with E-state index >= 15 is 0 Å². The van der Waals surface area contributed by atoms with E-state index in [1.165, 1.54) is 22.3 Å². The summed E-state index contributed by atoms with van der Waals surface area (Å²) in [6, 6.07) is 13.2. The molecule has 0 aliphatic carbocycles. The number of fused-ring (bicyclic) bond motifs is 2. The SMILES string of the molecule is C[n+]1ccn(-c2cc(C(C)(C)C)cc3c2Oc2c(C(n4cccn4)n4cccn4)cc(C(C)(C)C)cc2C3(C)C)c1. The fourth-order valence-corrected chi connectivity index (χ4v) is 5.76. The molecule has 1 aliphatic heterocycles. The molecular weight excluding hydrogens is 508 g/mol. The normalized spacial score (nSPS) is 14.6. The number of ether oxygens (including phenoxy) is 1. The first-order valence-electron chi connectivity index (χ1n) is 14.3. The third-order valence-electron chi connectivity index (χ3n) is 8.35. The maximum absolute atomic E-state index is 7.14. The van der Waals surface area contributed by atoms with Crippen LogP contribution in [0.3, 0.4) is 0 Å². The van der Waals surface area contributed by atoms with Crippen LogP contribution in [0.15, 0.2) is 79.9 Å². The lowest BCUT2D eigenvalue weighted by molar-refractivity contribution is -0.670. The summed E-state index contributed by atoms with van der Waals surface area (Å²) >= 11 is 0. The molecule has 0 bridgehead atoms. The van der Waals surface area contributed by atoms with Crippen molar-refractivity contribution < 1.29 is 9.30 Å². The Morgan fingerprint density at radius 3 is 1.83 bits per heavy atom. The zero-order chi connectivity index (χ0) is 29.3. The Balaban J connectivity index is 1.68. The molecule has 7 nitrogen and oxygen atoms in total. The van der Waals surface area contributed by atoms with Crippen molar-refractivity contribution in [2.24, 2.45) is 7.05 Å². The van der Waals surface area contributed by atoms with Crippen molar-refractivity contribution in [3.8, 4) is 17.2 Å². The summed E-state index contributed by atoms with van der Waals surface area (Å²) in [5.41, 5.74) is 6.53. The second-order valence-corrected chi connectivity index (χ2v) is 13.9. The van der Waals surface area contributed by atoms with Gasteiger partial charge in [-0.1, -0.05) is 67.5 Å². The highest BCUT2D eigenvalue weighted by molar-refractivity contribution is 5.67. The average molecular weight is 550 g/mol. The van der Waals surface area contributed by atoms with Crippen LogP contribution in [0.25, 0.3) is 5.69 Å². The van der Waals surface area contributed by atoms with Crippen LogP contribution in [-0.4, -0.2) is 24.1 Å². The Bertz CT molecular complexity index is 1680. The summed E-state index contributed by atoms with van der Waals surface area (Å²) < 4.78 is 15.3. The minimum absolute atomic E-state index is 0.0286. The zero-order valence-electron chi connectivity index (χ0n) is 25.7. The third-order valence-corrected chi connectivity index (χ3v) is 8.35. The minimum Gasteiger partial charge on any atom is -0.452 e. The summed E-state index contributed by atoms with van der Waals surface area (Å²) in [5.74, 6) is 1.75. The number of hydrogen-bond donors (Lipinski definition) is 0. The topological polar surface area (TPSA) is 53.7 Å². The highest BCUT2D eigenvalue weighted by atomic mass is 16.5. The van der Waals surface area contributed by atoms with Crippen molar-refractivity contribution >= 4 is 0 Å². The standard InChI is InChI=1S/C34H41N6O/c1-32(2,3)23-18-25(31(39-14-10-12-35-39)40-15-11-13-36-40)29-26(19-23)34(7,8)27-20-24(33(4,5)6)21-28(30(27)41-29)38-17-16-37(9)22-38/h10-22,31H,1-9H3/q+1. The molecule has 3 aromatic heterocycles. The maximum atomic E-state index is 7.14. The first-order valence-corrected chi connectivity index (χ1v) is 14.3. The van der Waals surface area contributed by atoms with Crippen molar-refractivity contribution in [1.82, 2.24) is 24.1 Å². The summed E-state index contributed by atoms with van der Waals surface area (Å²) in [5, 5.41) is 9.34. The van der Waals surface area contributed by atoms with Gasteiger partial charge >= 0.3 is 0 Å². The van der Waals surface area contributed by atoms with E-state index in [1.54, 1.807) is 0 Å². The molecule has 4 heterocycles. The number of nitrogens with zero attached hydrogens (tertiary/aromatic N) is 6. The first kappa shape index (κ1) is 27.1. The monoisotopic (exact) mass is 549 g/mol. The van der Waals surface area contributed by atoms with Crippen molar-refractivity contribution in [3.63, 3.8) is 0 Å². The molecular formula is C34H41N6O+. The van der Waals surface area contributed by atoms with Gasteiger partial charge in [0.2, 0.25) is 6.33 Å². The Labute approximate surface area is 243 Å². The van der Waals surface area contributed by atoms with Gasteiger partial charge in [0.25, 0.3) is 0 Å². The molecule has 0 atom stereocenters. The van der Waals surface area contributed by atoms with E-state index < -0.39 is 0 Å². The van der Waals surface area contributed by atoms with Crippen molar-refractivity contribution in [2.75, 3.05) is 0 Å². The van der Waals surface area contributed by atoms with Gasteiger partial charge in [-0.25, -0.2) is 13.9 Å². The van der Waals surface area contributed by atoms with E-state index in [2.05, 4.69) is 118 Å². The predicted molar refractivity (Wildman–Crippen MR) is 161 cm³/mol. The van der Waals surface area contributed by atoms with Crippen LogP contribution in [0.4, 0.5) is 0 Å². The molecule has 0 unspecified atom stereocenters. The van der Waals surface area contributed by atoms with Crippen LogP contribution in [0.5, 0.6) is 11.5 Å². The number of benzene rings is 2. The molecule has 0 radical (unpaired) electrons. The van der Waals surface area contributed by atoms with E-state index in [9.17, 15) is 0 Å². The fourth-order valence-electron chi connectivity index (χ4n) is 5.76. The van der Waals surface area contributed by atoms with E-state index in [4.69, 9.17) is 4.74 Å². The Morgan fingerprint density at radius 1 is 0.780 bits per heavy atom. The Morgan fingerprint density at radius 2 is 1.34 bits per heavy atom. The zero-order valence-corrected chi connectivity index (χ0v) is 25.7. The minimum atomic E-state index is -0.330. The molecule has 6 rings (SSSR count). The highest BCUT2D eigenvalue weighted by Gasteiger charge is 2.41. The highest BCUT2D eigenvalue weighted by Crippen LogP contribution is 2.54. The van der Waals surface area contributed by atoms with E-state index in [1.807, 2.05) is 53.3 Å². The fraction of sp³-hybridized carbons (Fsp3) is 0.382. The van der Waals surface area contributed by atoms with Gasteiger partial charge in [0.05, 0.1) is 7.05 Å². The number of aryl methyl sites for hydroxylation is 1. The second kappa shape index (κ2) is 9.20. The molecule has 0 saturated heterocycles. The van der Waals surface area contributed by atoms with Gasteiger partial charge in [-0.05, 0) is 46.2 Å². The summed E-state index contributed by atoms with van der Waals surface area (Å²) in [7, 11) is 2.04. The van der Waals surface area contributed by atoms with Crippen molar-refractivity contribution in [1.29, 1.82) is 0 Å². The summed E-state index contributed by atoms with van der Waals surface area (Å²) in [4.78, 5) is 0. The van der Waals surface area contributed by atoms with E-state index in [-0.39, 0.29) is 22.4 Å². The summed E-state index contributed by atoms with van der Waals surface area (Å²) in [6.45, 7) is 18.3. The van der Waals surface area contributed by atoms with E-state index in [0.29, 0.717) is 0 Å². The van der Waals surface area contributed by atoms with Crippen LogP contribution >= 0.6 is 0 Å². The molecule has 5 aromatic rings. The van der Waals surface area contributed by atoms with Gasteiger partial charge in [0.1, 0.15) is 18.1 Å². The molecule has 7 heteroatoms. The molecule has 0 amide bonds. The summed E-state index contributed by atoms with van der Waals surface area (Å²) in [6.07, 6.45) is 13.5. The predicted octanol–water partition coefficient (Wildman–Crippen LogP) is 6.82. The van der Waals surface area contributed by atoms with Crippen LogP contribution in [0, 0.1) is 0 Å². The van der Waals surface area contributed by atoms with Gasteiger partial charge in [-0.3, -0.25) is 0 Å². The first-order chi connectivity index (χ1) is 19.2. The molecule has 1 aliphatic rings.